The Labute approximate surface area is 282 Å². The van der Waals surface area contributed by atoms with Gasteiger partial charge in [0.2, 0.25) is 5.91 Å². The summed E-state index contributed by atoms with van der Waals surface area (Å²) in [6, 6.07) is 25.5. The average molecular weight is 666 g/mol. The SMILES string of the molecule is C[C@@H]1[C@@H]([Si](C)(C)O)[C@H](CCn2cc(C(CO)c3ccccc3)nn2)O[C@@]12C(=O)N(Cc1ccccc1)c1ccc(N3CCCC3=O)cc12. The van der Waals surface area contributed by atoms with Crippen LogP contribution in [0.3, 0.4) is 0 Å². The third-order valence-electron chi connectivity index (χ3n) is 10.5. The van der Waals surface area contributed by atoms with E-state index < -0.39 is 20.0 Å². The molecule has 3 aliphatic heterocycles. The van der Waals surface area contributed by atoms with Crippen LogP contribution in [0.25, 0.3) is 0 Å². The quantitative estimate of drug-likeness (QED) is 0.230. The van der Waals surface area contributed by atoms with Gasteiger partial charge in [-0.25, -0.2) is 0 Å². The van der Waals surface area contributed by atoms with Crippen LogP contribution in [0, 0.1) is 5.92 Å². The van der Waals surface area contributed by atoms with Crippen LogP contribution < -0.4 is 9.80 Å². The third kappa shape index (κ3) is 5.58. The van der Waals surface area contributed by atoms with Gasteiger partial charge in [-0.3, -0.25) is 14.3 Å². The summed E-state index contributed by atoms with van der Waals surface area (Å²) in [6.45, 7) is 7.28. The molecule has 4 aromatic rings. The van der Waals surface area contributed by atoms with Crippen molar-refractivity contribution in [1.29, 1.82) is 0 Å². The van der Waals surface area contributed by atoms with Gasteiger partial charge in [0.25, 0.3) is 5.91 Å². The van der Waals surface area contributed by atoms with Crippen molar-refractivity contribution < 1.29 is 24.2 Å². The molecule has 3 aliphatic rings. The fraction of sp³-hybridized carbons (Fsp3) is 0.405. The number of aliphatic hydroxyl groups excluding tert-OH is 1. The van der Waals surface area contributed by atoms with Crippen molar-refractivity contribution in [3.05, 3.63) is 107 Å². The Bertz CT molecular complexity index is 1790. The lowest BCUT2D eigenvalue weighted by Crippen LogP contribution is -2.46. The van der Waals surface area contributed by atoms with Crippen molar-refractivity contribution in [2.75, 3.05) is 23.0 Å². The van der Waals surface area contributed by atoms with Gasteiger partial charge in [0.05, 0.1) is 36.6 Å². The highest BCUT2D eigenvalue weighted by atomic mass is 28.4. The molecule has 2 N–H and O–H groups in total. The summed E-state index contributed by atoms with van der Waals surface area (Å²) in [5, 5.41) is 18.9. The zero-order chi connectivity index (χ0) is 33.6. The molecular formula is C37H43N5O5Si. The number of fused-ring (bicyclic) bond motifs is 2. The molecule has 2 saturated heterocycles. The number of hydrogen-bond acceptors (Lipinski definition) is 7. The number of carbonyl (C=O) groups is 2. The van der Waals surface area contributed by atoms with Crippen LogP contribution in [0.1, 0.15) is 54.5 Å². The van der Waals surface area contributed by atoms with Crippen LogP contribution >= 0.6 is 0 Å². The molecule has 0 bridgehead atoms. The smallest absolute Gasteiger partial charge is 0.264 e. The first-order valence-corrected chi connectivity index (χ1v) is 19.9. The molecule has 1 aromatic heterocycles. The van der Waals surface area contributed by atoms with Crippen LogP contribution in [0.4, 0.5) is 11.4 Å². The maximum Gasteiger partial charge on any atom is 0.264 e. The Morgan fingerprint density at radius 2 is 1.77 bits per heavy atom. The Kier molecular flexibility index (Phi) is 8.57. The van der Waals surface area contributed by atoms with E-state index in [-0.39, 0.29) is 35.8 Å². The van der Waals surface area contributed by atoms with Crippen molar-refractivity contribution in [1.82, 2.24) is 15.0 Å². The number of carbonyl (C=O) groups excluding carboxylic acids is 2. The van der Waals surface area contributed by atoms with Gasteiger partial charge in [-0.05, 0) is 55.3 Å². The highest BCUT2D eigenvalue weighted by Gasteiger charge is 2.66. The summed E-state index contributed by atoms with van der Waals surface area (Å²) in [4.78, 5) is 43.0. The van der Waals surface area contributed by atoms with Crippen molar-refractivity contribution in [2.45, 2.75) is 75.5 Å². The molecule has 0 aliphatic carbocycles. The first-order chi connectivity index (χ1) is 23.1. The zero-order valence-electron chi connectivity index (χ0n) is 27.7. The maximum atomic E-state index is 14.8. The van der Waals surface area contributed by atoms with Crippen LogP contribution in [-0.2, 0) is 33.0 Å². The number of nitrogens with zero attached hydrogens (tertiary/aromatic N) is 5. The molecule has 2 amide bonds. The lowest BCUT2D eigenvalue weighted by Gasteiger charge is -2.32. The van der Waals surface area contributed by atoms with Crippen molar-refractivity contribution in [2.24, 2.45) is 5.92 Å². The summed E-state index contributed by atoms with van der Waals surface area (Å²) in [5.74, 6) is -0.671. The molecule has 250 valence electrons. The normalized spacial score (nSPS) is 24.6. The standard InChI is InChI=1S/C37H43N5O5Si/c1-25-35(48(2,3)46)33(18-20-40-23-31(38-39-40)29(24-43)27-13-8-5-9-14-27)47-37(25)30-21-28(41-19-10-15-34(41)44)16-17-32(30)42(36(37)45)22-26-11-6-4-7-12-26/h4-9,11-14,16-17,21,23,25,29,33,35,43,46H,10,15,18-20,22,24H2,1-3H3/t25-,29?,33+,35-,37+/m1/s1. The second kappa shape index (κ2) is 12.7. The molecule has 7 rings (SSSR count). The number of aromatic nitrogens is 3. The van der Waals surface area contributed by atoms with E-state index in [9.17, 15) is 19.5 Å². The number of ether oxygens (including phenoxy) is 1. The molecule has 3 aromatic carbocycles. The van der Waals surface area contributed by atoms with Crippen LogP contribution in [0.2, 0.25) is 18.6 Å². The second-order valence-corrected chi connectivity index (χ2v) is 17.9. The van der Waals surface area contributed by atoms with E-state index in [1.54, 1.807) is 9.58 Å². The molecule has 5 atom stereocenters. The minimum absolute atomic E-state index is 0.0809. The van der Waals surface area contributed by atoms with Crippen LogP contribution in [0.5, 0.6) is 0 Å². The number of amides is 2. The lowest BCUT2D eigenvalue weighted by molar-refractivity contribution is -0.146. The minimum Gasteiger partial charge on any atom is -0.432 e. The van der Waals surface area contributed by atoms with Crippen molar-refractivity contribution in [3.8, 4) is 0 Å². The molecular weight excluding hydrogens is 623 g/mol. The molecule has 1 spiro atoms. The summed E-state index contributed by atoms with van der Waals surface area (Å²) < 4.78 is 8.81. The Morgan fingerprint density at radius 3 is 2.44 bits per heavy atom. The lowest BCUT2D eigenvalue weighted by atomic mass is 9.82. The van der Waals surface area contributed by atoms with Gasteiger partial charge < -0.3 is 24.4 Å². The minimum atomic E-state index is -2.88. The van der Waals surface area contributed by atoms with Gasteiger partial charge >= 0.3 is 0 Å². The zero-order valence-corrected chi connectivity index (χ0v) is 28.7. The molecule has 2 fully saturated rings. The summed E-state index contributed by atoms with van der Waals surface area (Å²) in [6.07, 6.45) is 3.26. The number of hydrogen-bond donors (Lipinski definition) is 2. The Balaban J connectivity index is 1.22. The second-order valence-electron chi connectivity index (χ2n) is 13.9. The summed E-state index contributed by atoms with van der Waals surface area (Å²) in [7, 11) is -2.88. The van der Waals surface area contributed by atoms with Gasteiger partial charge in [0.1, 0.15) is 0 Å². The predicted molar refractivity (Wildman–Crippen MR) is 185 cm³/mol. The van der Waals surface area contributed by atoms with Gasteiger partial charge in [0, 0.05) is 48.4 Å². The number of benzene rings is 3. The molecule has 10 nitrogen and oxygen atoms in total. The third-order valence-corrected chi connectivity index (χ3v) is 13.0. The van der Waals surface area contributed by atoms with Gasteiger partial charge in [-0.2, -0.15) is 0 Å². The van der Waals surface area contributed by atoms with E-state index in [0.717, 1.165) is 34.5 Å². The number of aliphatic hydroxyl groups is 1. The summed E-state index contributed by atoms with van der Waals surface area (Å²) in [5.41, 5.74) is 3.39. The van der Waals surface area contributed by atoms with Gasteiger partial charge in [0.15, 0.2) is 13.9 Å². The highest BCUT2D eigenvalue weighted by Crippen LogP contribution is 2.60. The number of aryl methyl sites for hydroxylation is 1. The van der Waals surface area contributed by atoms with E-state index in [1.807, 2.05) is 110 Å². The van der Waals surface area contributed by atoms with E-state index in [0.29, 0.717) is 38.2 Å². The molecule has 48 heavy (non-hydrogen) atoms. The van der Waals surface area contributed by atoms with Crippen molar-refractivity contribution in [3.63, 3.8) is 0 Å². The first-order valence-electron chi connectivity index (χ1n) is 16.9. The van der Waals surface area contributed by atoms with Crippen LogP contribution in [-0.4, -0.2) is 64.3 Å². The van der Waals surface area contributed by atoms with Gasteiger partial charge in [-0.15, -0.1) is 5.10 Å². The van der Waals surface area contributed by atoms with E-state index in [2.05, 4.69) is 10.3 Å². The fourth-order valence-corrected chi connectivity index (χ4v) is 10.8. The number of rotatable bonds is 10. The van der Waals surface area contributed by atoms with E-state index in [1.165, 1.54) is 0 Å². The van der Waals surface area contributed by atoms with Crippen LogP contribution in [0.15, 0.2) is 85.1 Å². The Morgan fingerprint density at radius 1 is 1.04 bits per heavy atom. The number of anilines is 2. The van der Waals surface area contributed by atoms with Gasteiger partial charge in [-0.1, -0.05) is 72.8 Å². The molecule has 4 heterocycles. The highest BCUT2D eigenvalue weighted by molar-refractivity contribution is 6.71. The molecule has 1 unspecified atom stereocenters. The molecule has 0 saturated carbocycles. The molecule has 0 radical (unpaired) electrons. The maximum absolute atomic E-state index is 14.8. The largest absolute Gasteiger partial charge is 0.432 e. The topological polar surface area (TPSA) is 121 Å². The Hall–Kier alpha value is -4.16. The van der Waals surface area contributed by atoms with E-state index in [4.69, 9.17) is 4.74 Å². The first kappa shape index (κ1) is 32.4. The average Bonchev–Trinajstić information content (AvgIpc) is 3.84. The summed E-state index contributed by atoms with van der Waals surface area (Å²) >= 11 is 0. The van der Waals surface area contributed by atoms with E-state index >= 15 is 0 Å². The van der Waals surface area contributed by atoms with Crippen molar-refractivity contribution >= 4 is 31.5 Å². The fourth-order valence-electron chi connectivity index (χ4n) is 8.24. The predicted octanol–water partition coefficient (Wildman–Crippen LogP) is 4.96. The monoisotopic (exact) mass is 665 g/mol. The molecule has 11 heteroatoms.